The van der Waals surface area contributed by atoms with Crippen LogP contribution in [0.5, 0.6) is 0 Å². The first-order valence-corrected chi connectivity index (χ1v) is 8.60. The smallest absolute Gasteiger partial charge is 0.271 e. The average molecular weight is 336 g/mol. The Morgan fingerprint density at radius 3 is 2.43 bits per heavy atom. The number of primary amides is 1. The van der Waals surface area contributed by atoms with E-state index in [1.54, 1.807) is 12.1 Å². The van der Waals surface area contributed by atoms with Gasteiger partial charge in [-0.1, -0.05) is 19.9 Å². The topological polar surface area (TPSA) is 118 Å². The maximum Gasteiger partial charge on any atom is 0.271 e. The number of nitrogens with zero attached hydrogens (tertiary/aromatic N) is 1. The number of aromatic amines is 1. The van der Waals surface area contributed by atoms with Crippen molar-refractivity contribution in [2.24, 2.45) is 5.73 Å². The van der Waals surface area contributed by atoms with Gasteiger partial charge in [-0.15, -0.1) is 0 Å². The zero-order valence-electron chi connectivity index (χ0n) is 13.5. The van der Waals surface area contributed by atoms with Crippen LogP contribution in [0.25, 0.3) is 0 Å². The Hall–Kier alpha value is -2.35. The molecule has 0 atom stereocenters. The number of H-pyrrole nitrogens is 1. The Bertz CT molecular complexity index is 854. The summed E-state index contributed by atoms with van der Waals surface area (Å²) in [6.07, 6.45) is 0. The number of benzene rings is 1. The van der Waals surface area contributed by atoms with Crippen LogP contribution < -0.4 is 10.5 Å². The van der Waals surface area contributed by atoms with Gasteiger partial charge in [-0.3, -0.25) is 14.6 Å². The van der Waals surface area contributed by atoms with Gasteiger partial charge in [-0.2, -0.15) is 5.10 Å². The highest BCUT2D eigenvalue weighted by atomic mass is 32.2. The van der Waals surface area contributed by atoms with E-state index in [4.69, 9.17) is 5.73 Å². The molecule has 0 saturated carbocycles. The molecule has 0 spiro atoms. The van der Waals surface area contributed by atoms with Gasteiger partial charge in [-0.25, -0.2) is 8.42 Å². The summed E-state index contributed by atoms with van der Waals surface area (Å²) < 4.78 is 27.7. The van der Waals surface area contributed by atoms with Gasteiger partial charge in [0.15, 0.2) is 5.69 Å². The molecule has 7 nitrogen and oxygen atoms in total. The van der Waals surface area contributed by atoms with Gasteiger partial charge in [0.1, 0.15) is 5.69 Å². The molecule has 23 heavy (non-hydrogen) atoms. The number of hydrogen-bond acceptors (Lipinski definition) is 4. The van der Waals surface area contributed by atoms with Crippen LogP contribution in [0.4, 0.5) is 5.69 Å². The number of carbonyl (C=O) groups excluding carboxylic acids is 1. The van der Waals surface area contributed by atoms with Crippen molar-refractivity contribution in [2.45, 2.75) is 38.5 Å². The highest BCUT2D eigenvalue weighted by Crippen LogP contribution is 2.28. The standard InChI is InChI=1S/C15H20N4O3S/c1-8(2)12-13(14(15(16)20)18-17-12)19-23(21,22)11-6-5-9(3)10(4)7-11/h5-8,19H,1-4H3,(H2,16,20)(H,17,18). The molecular formula is C15H20N4O3S. The number of carbonyl (C=O) groups is 1. The number of sulfonamides is 1. The summed E-state index contributed by atoms with van der Waals surface area (Å²) in [5, 5.41) is 6.49. The monoisotopic (exact) mass is 336 g/mol. The number of nitrogens with two attached hydrogens (primary N) is 1. The summed E-state index contributed by atoms with van der Waals surface area (Å²) in [5.74, 6) is -0.862. The van der Waals surface area contributed by atoms with Crippen molar-refractivity contribution in [1.29, 1.82) is 0 Å². The Kier molecular flexibility index (Phi) is 4.46. The lowest BCUT2D eigenvalue weighted by Crippen LogP contribution is -2.19. The van der Waals surface area contributed by atoms with Crippen LogP contribution in [0.1, 0.15) is 47.1 Å². The largest absolute Gasteiger partial charge is 0.364 e. The Labute approximate surface area is 135 Å². The zero-order valence-corrected chi connectivity index (χ0v) is 14.3. The van der Waals surface area contributed by atoms with Crippen LogP contribution >= 0.6 is 0 Å². The van der Waals surface area contributed by atoms with E-state index in [1.165, 1.54) is 6.07 Å². The van der Waals surface area contributed by atoms with Crippen LogP contribution in [0.15, 0.2) is 23.1 Å². The quantitative estimate of drug-likeness (QED) is 0.774. The van der Waals surface area contributed by atoms with E-state index in [0.717, 1.165) is 11.1 Å². The summed E-state index contributed by atoms with van der Waals surface area (Å²) >= 11 is 0. The van der Waals surface area contributed by atoms with Gasteiger partial charge >= 0.3 is 0 Å². The average Bonchev–Trinajstić information content (AvgIpc) is 2.84. The third kappa shape index (κ3) is 3.37. The van der Waals surface area contributed by atoms with Gasteiger partial charge in [-0.05, 0) is 43.0 Å². The SMILES string of the molecule is Cc1ccc(S(=O)(=O)Nc2c(C(N)=O)n[nH]c2C(C)C)cc1C. The molecule has 0 radical (unpaired) electrons. The lowest BCUT2D eigenvalue weighted by molar-refractivity contribution is 0.0996. The predicted octanol–water partition coefficient (Wildman–Crippen LogP) is 2.05. The minimum absolute atomic E-state index is 0.0620. The van der Waals surface area contributed by atoms with Crippen LogP contribution in [0, 0.1) is 13.8 Å². The maximum atomic E-state index is 12.6. The van der Waals surface area contributed by atoms with Crippen molar-refractivity contribution in [2.75, 3.05) is 4.72 Å². The molecule has 0 bridgehead atoms. The first kappa shape index (κ1) is 17.0. The number of anilines is 1. The number of amides is 1. The lowest BCUT2D eigenvalue weighted by Gasteiger charge is -2.12. The van der Waals surface area contributed by atoms with Crippen molar-refractivity contribution >= 4 is 21.6 Å². The van der Waals surface area contributed by atoms with Crippen molar-refractivity contribution in [3.05, 3.63) is 40.7 Å². The predicted molar refractivity (Wildman–Crippen MR) is 87.9 cm³/mol. The highest BCUT2D eigenvalue weighted by Gasteiger charge is 2.25. The van der Waals surface area contributed by atoms with E-state index >= 15 is 0 Å². The lowest BCUT2D eigenvalue weighted by atomic mass is 10.1. The number of rotatable bonds is 5. The third-order valence-electron chi connectivity index (χ3n) is 3.63. The molecule has 8 heteroatoms. The molecule has 1 aromatic heterocycles. The van der Waals surface area contributed by atoms with Gasteiger partial charge in [0.25, 0.3) is 15.9 Å². The van der Waals surface area contributed by atoms with Crippen LogP contribution in [0.3, 0.4) is 0 Å². The van der Waals surface area contributed by atoms with E-state index in [2.05, 4.69) is 14.9 Å². The highest BCUT2D eigenvalue weighted by molar-refractivity contribution is 7.92. The van der Waals surface area contributed by atoms with Gasteiger partial charge in [0, 0.05) is 0 Å². The summed E-state index contributed by atoms with van der Waals surface area (Å²) in [7, 11) is -3.85. The molecular weight excluding hydrogens is 316 g/mol. The van der Waals surface area contributed by atoms with Gasteiger partial charge < -0.3 is 5.73 Å². The molecule has 2 aromatic rings. The van der Waals surface area contributed by atoms with Crippen LogP contribution in [-0.4, -0.2) is 24.5 Å². The summed E-state index contributed by atoms with van der Waals surface area (Å²) in [4.78, 5) is 11.6. The first-order chi connectivity index (χ1) is 10.6. The summed E-state index contributed by atoms with van der Waals surface area (Å²) in [5.41, 5.74) is 7.61. The van der Waals surface area contributed by atoms with Gasteiger partial charge in [0.05, 0.1) is 10.6 Å². The molecule has 124 valence electrons. The van der Waals surface area contributed by atoms with E-state index in [-0.39, 0.29) is 22.2 Å². The van der Waals surface area contributed by atoms with Crippen LogP contribution in [0.2, 0.25) is 0 Å². The van der Waals surface area contributed by atoms with Crippen LogP contribution in [-0.2, 0) is 10.0 Å². The van der Waals surface area contributed by atoms with Gasteiger partial charge in [0.2, 0.25) is 0 Å². The second kappa shape index (κ2) is 6.04. The number of nitrogens with one attached hydrogen (secondary N) is 2. The number of aromatic nitrogens is 2. The van der Waals surface area contributed by atoms with Crippen molar-refractivity contribution < 1.29 is 13.2 Å². The second-order valence-electron chi connectivity index (χ2n) is 5.73. The summed E-state index contributed by atoms with van der Waals surface area (Å²) in [6.45, 7) is 7.44. The zero-order chi connectivity index (χ0) is 17.4. The minimum Gasteiger partial charge on any atom is -0.364 e. The number of hydrogen-bond donors (Lipinski definition) is 3. The molecule has 1 heterocycles. The van der Waals surface area contributed by atoms with E-state index in [0.29, 0.717) is 5.69 Å². The molecule has 0 unspecified atom stereocenters. The molecule has 1 amide bonds. The Morgan fingerprint density at radius 2 is 1.91 bits per heavy atom. The van der Waals surface area contributed by atoms with E-state index < -0.39 is 15.9 Å². The molecule has 2 rings (SSSR count). The molecule has 0 aliphatic rings. The second-order valence-corrected chi connectivity index (χ2v) is 7.41. The molecule has 4 N–H and O–H groups in total. The van der Waals surface area contributed by atoms with Crippen molar-refractivity contribution in [3.8, 4) is 0 Å². The summed E-state index contributed by atoms with van der Waals surface area (Å²) in [6, 6.07) is 4.83. The molecule has 0 aliphatic heterocycles. The fourth-order valence-corrected chi connectivity index (χ4v) is 3.30. The normalized spacial score (nSPS) is 11.7. The third-order valence-corrected chi connectivity index (χ3v) is 4.98. The van der Waals surface area contributed by atoms with Crippen molar-refractivity contribution in [3.63, 3.8) is 0 Å². The molecule has 1 aromatic carbocycles. The Morgan fingerprint density at radius 1 is 1.26 bits per heavy atom. The van der Waals surface area contributed by atoms with E-state index in [9.17, 15) is 13.2 Å². The number of aryl methyl sites for hydroxylation is 2. The molecule has 0 aliphatic carbocycles. The molecule has 0 saturated heterocycles. The molecule has 0 fully saturated rings. The van der Waals surface area contributed by atoms with Crippen molar-refractivity contribution in [1.82, 2.24) is 10.2 Å². The minimum atomic E-state index is -3.85. The first-order valence-electron chi connectivity index (χ1n) is 7.11. The van der Waals surface area contributed by atoms with E-state index in [1.807, 2.05) is 27.7 Å². The fraction of sp³-hybridized carbons (Fsp3) is 0.333. The fourth-order valence-electron chi connectivity index (χ4n) is 2.13. The Balaban J connectivity index is 2.50. The maximum absolute atomic E-state index is 12.6.